The predicted molar refractivity (Wildman–Crippen MR) is 204 cm³/mol. The van der Waals surface area contributed by atoms with Crippen molar-refractivity contribution in [2.24, 2.45) is 0 Å². The Morgan fingerprint density at radius 2 is 0.898 bits per heavy atom. The molecular formula is C46H28N2O. The molecule has 228 valence electrons. The number of rotatable bonds is 4. The first kappa shape index (κ1) is 27.5. The molecule has 10 rings (SSSR count). The molecule has 0 unspecified atom stereocenters. The summed E-state index contributed by atoms with van der Waals surface area (Å²) >= 11 is 0. The Hall–Kier alpha value is -6.58. The van der Waals surface area contributed by atoms with Crippen molar-refractivity contribution in [2.45, 2.75) is 0 Å². The van der Waals surface area contributed by atoms with E-state index in [-0.39, 0.29) is 0 Å². The summed E-state index contributed by atoms with van der Waals surface area (Å²) in [4.78, 5) is 10.4. The van der Waals surface area contributed by atoms with E-state index in [0.717, 1.165) is 71.9 Å². The first-order chi connectivity index (χ1) is 24.3. The van der Waals surface area contributed by atoms with Gasteiger partial charge in [-0.2, -0.15) is 0 Å². The Kier molecular flexibility index (Phi) is 6.18. The third-order valence-corrected chi connectivity index (χ3v) is 9.66. The summed E-state index contributed by atoms with van der Waals surface area (Å²) in [6, 6.07) is 59.6. The maximum absolute atomic E-state index is 6.59. The molecule has 0 saturated carbocycles. The van der Waals surface area contributed by atoms with Gasteiger partial charge in [0.2, 0.25) is 0 Å². The predicted octanol–water partition coefficient (Wildman–Crippen LogP) is 12.5. The van der Waals surface area contributed by atoms with Gasteiger partial charge < -0.3 is 4.42 Å². The number of para-hydroxylation sites is 1. The SMILES string of the molecule is c1ccc(-c2cccc(-c3nc(-c4ccccc4)cc(-c4ccc5c(c4)c4ccccc4c4ccc6c7ccccc7oc6c45)n3)c2)cc1. The molecule has 2 heterocycles. The molecule has 0 N–H and O–H groups in total. The Balaban J connectivity index is 1.22. The molecule has 0 fully saturated rings. The quantitative estimate of drug-likeness (QED) is 0.183. The number of fused-ring (bicyclic) bond motifs is 10. The smallest absolute Gasteiger partial charge is 0.160 e. The Bertz CT molecular complexity index is 2870. The molecule has 0 radical (unpaired) electrons. The fourth-order valence-corrected chi connectivity index (χ4v) is 7.33. The number of furan rings is 1. The molecule has 2 aromatic heterocycles. The molecule has 3 nitrogen and oxygen atoms in total. The molecule has 0 aliphatic carbocycles. The summed E-state index contributed by atoms with van der Waals surface area (Å²) < 4.78 is 6.59. The van der Waals surface area contributed by atoms with Crippen molar-refractivity contribution in [3.05, 3.63) is 170 Å². The van der Waals surface area contributed by atoms with Crippen molar-refractivity contribution in [1.29, 1.82) is 0 Å². The van der Waals surface area contributed by atoms with Gasteiger partial charge in [0, 0.05) is 32.8 Å². The van der Waals surface area contributed by atoms with E-state index in [2.05, 4.69) is 152 Å². The number of nitrogens with zero attached hydrogens (tertiary/aromatic N) is 2. The number of aromatic nitrogens is 2. The summed E-state index contributed by atoms with van der Waals surface area (Å²) in [6.07, 6.45) is 0. The van der Waals surface area contributed by atoms with Gasteiger partial charge in [0.05, 0.1) is 11.4 Å². The third-order valence-electron chi connectivity index (χ3n) is 9.66. The molecule has 0 saturated heterocycles. The largest absolute Gasteiger partial charge is 0.455 e. The number of hydrogen-bond acceptors (Lipinski definition) is 3. The lowest BCUT2D eigenvalue weighted by atomic mass is 9.91. The average molecular weight is 625 g/mol. The monoisotopic (exact) mass is 624 g/mol. The van der Waals surface area contributed by atoms with Crippen LogP contribution in [0, 0.1) is 0 Å². The van der Waals surface area contributed by atoms with Gasteiger partial charge in [-0.15, -0.1) is 0 Å². The highest BCUT2D eigenvalue weighted by molar-refractivity contribution is 6.32. The topological polar surface area (TPSA) is 38.9 Å². The van der Waals surface area contributed by atoms with Crippen LogP contribution in [0.25, 0.3) is 99.3 Å². The van der Waals surface area contributed by atoms with Gasteiger partial charge in [-0.3, -0.25) is 0 Å². The Labute approximate surface area is 282 Å². The van der Waals surface area contributed by atoms with Crippen LogP contribution in [-0.4, -0.2) is 9.97 Å². The second kappa shape index (κ2) is 11.0. The van der Waals surface area contributed by atoms with Gasteiger partial charge in [-0.25, -0.2) is 9.97 Å². The summed E-state index contributed by atoms with van der Waals surface area (Å²) in [6.45, 7) is 0. The van der Waals surface area contributed by atoms with Crippen molar-refractivity contribution < 1.29 is 4.42 Å². The van der Waals surface area contributed by atoms with Crippen LogP contribution in [0.1, 0.15) is 0 Å². The van der Waals surface area contributed by atoms with Crippen LogP contribution in [0.4, 0.5) is 0 Å². The van der Waals surface area contributed by atoms with Gasteiger partial charge in [0.15, 0.2) is 5.82 Å². The lowest BCUT2D eigenvalue weighted by Crippen LogP contribution is -1.96. The molecule has 0 aliphatic heterocycles. The number of hydrogen-bond donors (Lipinski definition) is 0. The van der Waals surface area contributed by atoms with E-state index in [4.69, 9.17) is 14.4 Å². The average Bonchev–Trinajstić information content (AvgIpc) is 3.57. The summed E-state index contributed by atoms with van der Waals surface area (Å²) in [5.74, 6) is 0.696. The summed E-state index contributed by atoms with van der Waals surface area (Å²) in [7, 11) is 0. The van der Waals surface area contributed by atoms with E-state index < -0.39 is 0 Å². The summed E-state index contributed by atoms with van der Waals surface area (Å²) in [5.41, 5.74) is 8.96. The molecule has 10 aromatic rings. The van der Waals surface area contributed by atoms with Gasteiger partial charge in [-0.1, -0.05) is 140 Å². The van der Waals surface area contributed by atoms with Crippen molar-refractivity contribution in [3.63, 3.8) is 0 Å². The molecule has 49 heavy (non-hydrogen) atoms. The minimum absolute atomic E-state index is 0.696. The van der Waals surface area contributed by atoms with Gasteiger partial charge in [-0.05, 0) is 68.4 Å². The van der Waals surface area contributed by atoms with E-state index in [9.17, 15) is 0 Å². The lowest BCUT2D eigenvalue weighted by Gasteiger charge is -2.14. The fraction of sp³-hybridized carbons (Fsp3) is 0. The molecule has 0 aliphatic rings. The normalized spacial score (nSPS) is 11.7. The van der Waals surface area contributed by atoms with Gasteiger partial charge in [0.25, 0.3) is 0 Å². The molecule has 0 spiro atoms. The lowest BCUT2D eigenvalue weighted by molar-refractivity contribution is 0.673. The maximum atomic E-state index is 6.59. The second-order valence-electron chi connectivity index (χ2n) is 12.5. The van der Waals surface area contributed by atoms with Crippen molar-refractivity contribution in [1.82, 2.24) is 9.97 Å². The Morgan fingerprint density at radius 3 is 1.69 bits per heavy atom. The zero-order valence-corrected chi connectivity index (χ0v) is 26.5. The van der Waals surface area contributed by atoms with Gasteiger partial charge in [0.1, 0.15) is 11.2 Å². The Morgan fingerprint density at radius 1 is 0.327 bits per heavy atom. The standard InChI is InChI=1S/C46H28N2O/c1-3-12-29(13-4-1)31-16-11-17-33(26-31)46-47-41(30-14-5-2-6-15-30)28-42(48-46)32-22-23-38-40(27-32)35-19-8-7-18-34(35)37-24-25-39-36-20-9-10-21-43(36)49-45(39)44(37)38/h1-28H. The maximum Gasteiger partial charge on any atom is 0.160 e. The van der Waals surface area contributed by atoms with Crippen LogP contribution in [0.5, 0.6) is 0 Å². The molecule has 8 aromatic carbocycles. The van der Waals surface area contributed by atoms with E-state index in [1.54, 1.807) is 0 Å². The van der Waals surface area contributed by atoms with Gasteiger partial charge >= 0.3 is 0 Å². The minimum Gasteiger partial charge on any atom is -0.455 e. The second-order valence-corrected chi connectivity index (χ2v) is 12.5. The van der Waals surface area contributed by atoms with Crippen LogP contribution in [0.15, 0.2) is 174 Å². The van der Waals surface area contributed by atoms with Crippen LogP contribution >= 0.6 is 0 Å². The van der Waals surface area contributed by atoms with Crippen LogP contribution < -0.4 is 0 Å². The van der Waals surface area contributed by atoms with E-state index in [0.29, 0.717) is 5.82 Å². The molecule has 0 bridgehead atoms. The van der Waals surface area contributed by atoms with Crippen molar-refractivity contribution in [2.75, 3.05) is 0 Å². The van der Waals surface area contributed by atoms with Crippen LogP contribution in [0.2, 0.25) is 0 Å². The van der Waals surface area contributed by atoms with E-state index in [1.807, 2.05) is 18.2 Å². The highest BCUT2D eigenvalue weighted by Gasteiger charge is 2.18. The first-order valence-electron chi connectivity index (χ1n) is 16.6. The highest BCUT2D eigenvalue weighted by Crippen LogP contribution is 2.43. The molecule has 3 heteroatoms. The van der Waals surface area contributed by atoms with E-state index in [1.165, 1.54) is 21.5 Å². The first-order valence-corrected chi connectivity index (χ1v) is 16.6. The summed E-state index contributed by atoms with van der Waals surface area (Å²) in [5, 5.41) is 9.34. The van der Waals surface area contributed by atoms with Crippen molar-refractivity contribution >= 4 is 54.3 Å². The van der Waals surface area contributed by atoms with Crippen molar-refractivity contribution in [3.8, 4) is 45.0 Å². The fourth-order valence-electron chi connectivity index (χ4n) is 7.33. The van der Waals surface area contributed by atoms with Crippen LogP contribution in [-0.2, 0) is 0 Å². The zero-order valence-electron chi connectivity index (χ0n) is 26.5. The number of benzene rings is 8. The highest BCUT2D eigenvalue weighted by atomic mass is 16.3. The molecule has 0 amide bonds. The minimum atomic E-state index is 0.696. The molecular weight excluding hydrogens is 597 g/mol. The zero-order chi connectivity index (χ0) is 32.3. The van der Waals surface area contributed by atoms with Crippen LogP contribution in [0.3, 0.4) is 0 Å². The third kappa shape index (κ3) is 4.51. The van der Waals surface area contributed by atoms with E-state index >= 15 is 0 Å². The molecule has 0 atom stereocenters.